The van der Waals surface area contributed by atoms with Gasteiger partial charge in [-0.1, -0.05) is 18.2 Å². The molecule has 0 unspecified atom stereocenters. The third-order valence-corrected chi connectivity index (χ3v) is 4.02. The number of thioether (sulfide) groups is 1. The predicted octanol–water partition coefficient (Wildman–Crippen LogP) is 4.48. The number of nitrogens with zero attached hydrogens (tertiary/aromatic N) is 2. The number of rotatable bonds is 5. The molecule has 0 atom stereocenters. The zero-order valence-electron chi connectivity index (χ0n) is 13.0. The van der Waals surface area contributed by atoms with Crippen molar-refractivity contribution in [3.63, 3.8) is 0 Å². The average Bonchev–Trinajstić information content (AvgIpc) is 2.53. The highest BCUT2D eigenvalue weighted by Crippen LogP contribution is 2.36. The maximum absolute atomic E-state index is 12.4. The van der Waals surface area contributed by atoms with Gasteiger partial charge in [0.25, 0.3) is 11.6 Å². The highest BCUT2D eigenvalue weighted by molar-refractivity contribution is 8.00. The van der Waals surface area contributed by atoms with Gasteiger partial charge in [-0.25, -0.2) is 0 Å². The van der Waals surface area contributed by atoms with Crippen LogP contribution in [-0.2, 0) is 6.54 Å². The van der Waals surface area contributed by atoms with Crippen LogP contribution in [0.5, 0.6) is 0 Å². The Morgan fingerprint density at radius 3 is 2.32 bits per heavy atom. The molecule has 0 saturated carbocycles. The van der Waals surface area contributed by atoms with Crippen LogP contribution in [0.15, 0.2) is 53.4 Å². The van der Waals surface area contributed by atoms with E-state index in [-0.39, 0.29) is 34.5 Å². The van der Waals surface area contributed by atoms with Gasteiger partial charge in [0.1, 0.15) is 0 Å². The van der Waals surface area contributed by atoms with Gasteiger partial charge in [0.05, 0.1) is 11.5 Å². The molecule has 0 heterocycles. The van der Waals surface area contributed by atoms with Crippen LogP contribution < -0.4 is 0 Å². The second-order valence-corrected chi connectivity index (χ2v) is 6.26. The summed E-state index contributed by atoms with van der Waals surface area (Å²) in [5.74, 6) is -0.443. The fourth-order valence-corrected chi connectivity index (χ4v) is 2.71. The Morgan fingerprint density at radius 1 is 1.16 bits per heavy atom. The molecule has 0 aliphatic heterocycles. The van der Waals surface area contributed by atoms with Crippen LogP contribution in [0.4, 0.5) is 18.9 Å². The van der Waals surface area contributed by atoms with E-state index in [4.69, 9.17) is 0 Å². The summed E-state index contributed by atoms with van der Waals surface area (Å²) in [6.07, 6.45) is 0. The van der Waals surface area contributed by atoms with Crippen molar-refractivity contribution in [1.82, 2.24) is 4.90 Å². The lowest BCUT2D eigenvalue weighted by molar-refractivity contribution is -0.385. The minimum atomic E-state index is -4.39. The molecule has 0 N–H and O–H groups in total. The minimum Gasteiger partial charge on any atom is -0.337 e. The van der Waals surface area contributed by atoms with E-state index < -0.39 is 16.3 Å². The molecule has 2 aromatic carbocycles. The summed E-state index contributed by atoms with van der Waals surface area (Å²) in [4.78, 5) is 24.1. The Bertz CT molecular complexity index is 779. The van der Waals surface area contributed by atoms with E-state index in [9.17, 15) is 28.1 Å². The number of para-hydroxylation sites is 1. The number of nitro benzene ring substituents is 1. The maximum atomic E-state index is 12.4. The van der Waals surface area contributed by atoms with E-state index in [1.807, 2.05) is 0 Å². The Morgan fingerprint density at radius 2 is 1.76 bits per heavy atom. The lowest BCUT2D eigenvalue weighted by Gasteiger charge is -2.17. The Hall–Kier alpha value is -2.55. The SMILES string of the molecule is CN(Cc1ccccc1[N+](=O)[O-])C(=O)c1ccc(SC(F)(F)F)cc1. The summed E-state index contributed by atoms with van der Waals surface area (Å²) in [6.45, 7) is 0.00897. The molecule has 0 bridgehead atoms. The highest BCUT2D eigenvalue weighted by atomic mass is 32.2. The number of amides is 1. The van der Waals surface area contributed by atoms with Crippen LogP contribution in [0.3, 0.4) is 0 Å². The zero-order valence-corrected chi connectivity index (χ0v) is 13.8. The van der Waals surface area contributed by atoms with Gasteiger partial charge in [0.15, 0.2) is 0 Å². The molecule has 0 aromatic heterocycles. The van der Waals surface area contributed by atoms with Crippen molar-refractivity contribution in [2.24, 2.45) is 0 Å². The standard InChI is InChI=1S/C16H13F3N2O3S/c1-20(10-12-4-2-3-5-14(12)21(23)24)15(22)11-6-8-13(9-7-11)25-16(17,18)19/h2-9H,10H2,1H3. The number of carbonyl (C=O) groups excluding carboxylic acids is 1. The van der Waals surface area contributed by atoms with E-state index >= 15 is 0 Å². The summed E-state index contributed by atoms with van der Waals surface area (Å²) >= 11 is -0.263. The molecule has 0 spiro atoms. The number of nitro groups is 1. The van der Waals surface area contributed by atoms with Crippen LogP contribution in [0.2, 0.25) is 0 Å². The molecule has 0 aliphatic rings. The fraction of sp³-hybridized carbons (Fsp3) is 0.188. The van der Waals surface area contributed by atoms with Gasteiger partial charge >= 0.3 is 5.51 Å². The quantitative estimate of drug-likeness (QED) is 0.442. The van der Waals surface area contributed by atoms with E-state index in [0.717, 1.165) is 0 Å². The van der Waals surface area contributed by atoms with Crippen LogP contribution in [0, 0.1) is 10.1 Å². The summed E-state index contributed by atoms with van der Waals surface area (Å²) in [5, 5.41) is 11.0. The van der Waals surface area contributed by atoms with Crippen molar-refractivity contribution in [2.45, 2.75) is 16.9 Å². The number of benzene rings is 2. The average molecular weight is 370 g/mol. The first-order valence-electron chi connectivity index (χ1n) is 7.01. The molecular weight excluding hydrogens is 357 g/mol. The van der Waals surface area contributed by atoms with Crippen LogP contribution in [0.25, 0.3) is 0 Å². The zero-order chi connectivity index (χ0) is 18.6. The van der Waals surface area contributed by atoms with Crippen LogP contribution >= 0.6 is 11.8 Å². The molecule has 25 heavy (non-hydrogen) atoms. The molecule has 132 valence electrons. The summed E-state index contributed by atoms with van der Waals surface area (Å²) in [7, 11) is 1.47. The number of alkyl halides is 3. The minimum absolute atomic E-state index is 0.00897. The summed E-state index contributed by atoms with van der Waals surface area (Å²) in [6, 6.07) is 11.1. The monoisotopic (exact) mass is 370 g/mol. The van der Waals surface area contributed by atoms with Crippen molar-refractivity contribution >= 4 is 23.4 Å². The van der Waals surface area contributed by atoms with Gasteiger partial charge in [-0.3, -0.25) is 14.9 Å². The van der Waals surface area contributed by atoms with E-state index in [0.29, 0.717) is 5.56 Å². The first kappa shape index (κ1) is 18.8. The molecule has 2 rings (SSSR count). The molecule has 1 amide bonds. The highest BCUT2D eigenvalue weighted by Gasteiger charge is 2.29. The molecule has 9 heteroatoms. The third kappa shape index (κ3) is 5.21. The van der Waals surface area contributed by atoms with Gasteiger partial charge in [0.2, 0.25) is 0 Å². The fourth-order valence-electron chi connectivity index (χ4n) is 2.17. The molecule has 0 radical (unpaired) electrons. The van der Waals surface area contributed by atoms with E-state index in [2.05, 4.69) is 0 Å². The topological polar surface area (TPSA) is 63.4 Å². The lowest BCUT2D eigenvalue weighted by atomic mass is 10.1. The third-order valence-electron chi connectivity index (χ3n) is 3.28. The van der Waals surface area contributed by atoms with E-state index in [1.54, 1.807) is 12.1 Å². The largest absolute Gasteiger partial charge is 0.446 e. The predicted molar refractivity (Wildman–Crippen MR) is 87.2 cm³/mol. The van der Waals surface area contributed by atoms with Gasteiger partial charge < -0.3 is 4.90 Å². The van der Waals surface area contributed by atoms with Gasteiger partial charge in [-0.15, -0.1) is 0 Å². The van der Waals surface area contributed by atoms with Crippen LogP contribution in [-0.4, -0.2) is 28.3 Å². The van der Waals surface area contributed by atoms with Crippen molar-refractivity contribution < 1.29 is 22.9 Å². The van der Waals surface area contributed by atoms with Gasteiger partial charge in [-0.2, -0.15) is 13.2 Å². The summed E-state index contributed by atoms with van der Waals surface area (Å²) in [5.41, 5.74) is -3.92. The number of halogens is 3. The number of carbonyl (C=O) groups is 1. The van der Waals surface area contributed by atoms with Crippen molar-refractivity contribution in [2.75, 3.05) is 7.05 Å². The lowest BCUT2D eigenvalue weighted by Crippen LogP contribution is -2.26. The second-order valence-electron chi connectivity index (χ2n) is 5.12. The second kappa shape index (κ2) is 7.56. The first-order chi connectivity index (χ1) is 11.7. The smallest absolute Gasteiger partial charge is 0.337 e. The Labute approximate surface area is 145 Å². The number of hydrogen-bond acceptors (Lipinski definition) is 4. The Balaban J connectivity index is 2.11. The van der Waals surface area contributed by atoms with Crippen LogP contribution in [0.1, 0.15) is 15.9 Å². The molecule has 0 fully saturated rings. The first-order valence-corrected chi connectivity index (χ1v) is 7.82. The normalized spacial score (nSPS) is 11.2. The van der Waals surface area contributed by atoms with Crippen molar-refractivity contribution in [1.29, 1.82) is 0 Å². The molecule has 0 saturated heterocycles. The molecular formula is C16H13F3N2O3S. The Kier molecular flexibility index (Phi) is 5.68. The van der Waals surface area contributed by atoms with Crippen molar-refractivity contribution in [3.05, 3.63) is 69.8 Å². The van der Waals surface area contributed by atoms with E-state index in [1.165, 1.54) is 48.3 Å². The summed E-state index contributed by atoms with van der Waals surface area (Å²) < 4.78 is 36.9. The molecule has 0 aliphatic carbocycles. The van der Waals surface area contributed by atoms with Gasteiger partial charge in [-0.05, 0) is 36.0 Å². The van der Waals surface area contributed by atoms with Crippen molar-refractivity contribution in [3.8, 4) is 0 Å². The van der Waals surface area contributed by atoms with Gasteiger partial charge in [0, 0.05) is 29.1 Å². The molecule has 2 aromatic rings. The molecule has 5 nitrogen and oxygen atoms in total. The number of hydrogen-bond donors (Lipinski definition) is 0. The maximum Gasteiger partial charge on any atom is 0.446 e.